The van der Waals surface area contributed by atoms with Gasteiger partial charge in [-0.25, -0.2) is 4.98 Å². The van der Waals surface area contributed by atoms with Crippen molar-refractivity contribution in [3.63, 3.8) is 0 Å². The van der Waals surface area contributed by atoms with Gasteiger partial charge in [-0.3, -0.25) is 0 Å². The van der Waals surface area contributed by atoms with E-state index in [1.165, 1.54) is 5.56 Å². The minimum atomic E-state index is -4.57. The number of para-hydroxylation sites is 1. The molecule has 158 valence electrons. The fourth-order valence-corrected chi connectivity index (χ4v) is 3.15. The zero-order valence-electron chi connectivity index (χ0n) is 17.2. The van der Waals surface area contributed by atoms with E-state index in [2.05, 4.69) is 34.4 Å². The molecule has 4 nitrogen and oxygen atoms in total. The molecule has 0 radical (unpaired) electrons. The number of alkyl halides is 3. The van der Waals surface area contributed by atoms with Crippen LogP contribution in [0.4, 0.5) is 36.3 Å². The minimum Gasteiger partial charge on any atom is -0.339 e. The van der Waals surface area contributed by atoms with Gasteiger partial charge >= 0.3 is 6.18 Å². The zero-order chi connectivity index (χ0) is 21.7. The smallest absolute Gasteiger partial charge is 0.339 e. The predicted octanol–water partition coefficient (Wildman–Crippen LogP) is 6.74. The number of nitrogens with one attached hydrogen (secondary N) is 2. The molecule has 0 aliphatic carbocycles. The summed E-state index contributed by atoms with van der Waals surface area (Å²) < 4.78 is 40.5. The summed E-state index contributed by atoms with van der Waals surface area (Å²) in [7, 11) is 0. The molecule has 0 aliphatic rings. The Kier molecular flexibility index (Phi) is 6.59. The Morgan fingerprint density at radius 2 is 1.67 bits per heavy atom. The molecule has 1 heterocycles. The second kappa shape index (κ2) is 9.15. The number of halogens is 3. The van der Waals surface area contributed by atoms with E-state index in [-0.39, 0.29) is 11.8 Å². The van der Waals surface area contributed by atoms with Crippen molar-refractivity contribution in [2.24, 2.45) is 5.92 Å². The molecule has 0 spiro atoms. The van der Waals surface area contributed by atoms with Crippen LogP contribution in [0.25, 0.3) is 0 Å². The van der Waals surface area contributed by atoms with Crippen LogP contribution >= 0.6 is 0 Å². The van der Waals surface area contributed by atoms with Crippen molar-refractivity contribution in [3.05, 3.63) is 71.4 Å². The van der Waals surface area contributed by atoms with E-state index in [9.17, 15) is 13.2 Å². The molecule has 0 atom stereocenters. The van der Waals surface area contributed by atoms with E-state index in [4.69, 9.17) is 0 Å². The Bertz CT molecular complexity index is 982. The SMILES string of the molecule is CCc1ccccc1Nc1nc(Nc2ccc(CC(C)C)cc2)ncc1C(F)(F)F. The van der Waals surface area contributed by atoms with Gasteiger partial charge < -0.3 is 10.6 Å². The Balaban J connectivity index is 1.89. The lowest BCUT2D eigenvalue weighted by atomic mass is 10.0. The number of nitrogens with zero attached hydrogens (tertiary/aromatic N) is 2. The second-order valence-electron chi connectivity index (χ2n) is 7.51. The van der Waals surface area contributed by atoms with Crippen molar-refractivity contribution in [2.75, 3.05) is 10.6 Å². The average Bonchev–Trinajstić information content (AvgIpc) is 2.69. The van der Waals surface area contributed by atoms with Gasteiger partial charge in [-0.1, -0.05) is 51.1 Å². The second-order valence-corrected chi connectivity index (χ2v) is 7.51. The highest BCUT2D eigenvalue weighted by atomic mass is 19.4. The van der Waals surface area contributed by atoms with Crippen molar-refractivity contribution in [1.29, 1.82) is 0 Å². The molecule has 0 bridgehead atoms. The van der Waals surface area contributed by atoms with Gasteiger partial charge in [0, 0.05) is 17.6 Å². The first kappa shape index (κ1) is 21.6. The molecule has 0 unspecified atom stereocenters. The van der Waals surface area contributed by atoms with Crippen molar-refractivity contribution in [2.45, 2.75) is 39.8 Å². The summed E-state index contributed by atoms with van der Waals surface area (Å²) in [5.74, 6) is 0.357. The van der Waals surface area contributed by atoms with Crippen LogP contribution in [0.5, 0.6) is 0 Å². The zero-order valence-corrected chi connectivity index (χ0v) is 17.2. The van der Waals surface area contributed by atoms with Gasteiger partial charge in [0.15, 0.2) is 0 Å². The van der Waals surface area contributed by atoms with Crippen LogP contribution in [0, 0.1) is 5.92 Å². The molecular formula is C23H25F3N4. The Labute approximate surface area is 174 Å². The van der Waals surface area contributed by atoms with Gasteiger partial charge in [-0.05, 0) is 48.1 Å². The molecule has 3 aromatic rings. The molecule has 30 heavy (non-hydrogen) atoms. The lowest BCUT2D eigenvalue weighted by molar-refractivity contribution is -0.137. The van der Waals surface area contributed by atoms with Gasteiger partial charge in [0.1, 0.15) is 11.4 Å². The Morgan fingerprint density at radius 1 is 0.967 bits per heavy atom. The number of aryl methyl sites for hydroxylation is 1. The highest BCUT2D eigenvalue weighted by Gasteiger charge is 2.35. The third-order valence-electron chi connectivity index (χ3n) is 4.60. The molecule has 0 fully saturated rings. The quantitative estimate of drug-likeness (QED) is 0.449. The first-order valence-electron chi connectivity index (χ1n) is 9.91. The van der Waals surface area contributed by atoms with Gasteiger partial charge in [0.05, 0.1) is 0 Å². The number of anilines is 4. The molecule has 0 amide bonds. The summed E-state index contributed by atoms with van der Waals surface area (Å²) in [6.07, 6.45) is -2.12. The third-order valence-corrected chi connectivity index (χ3v) is 4.60. The van der Waals surface area contributed by atoms with Gasteiger partial charge in [-0.2, -0.15) is 18.2 Å². The first-order valence-corrected chi connectivity index (χ1v) is 9.91. The number of aromatic nitrogens is 2. The summed E-state index contributed by atoms with van der Waals surface area (Å²) in [6, 6.07) is 15.0. The fraction of sp³-hybridized carbons (Fsp3) is 0.304. The minimum absolute atomic E-state index is 0.0936. The standard InChI is InChI=1S/C23H25F3N4/c1-4-17-7-5-6-8-20(17)29-21-19(23(24,25)26)14-27-22(30-21)28-18-11-9-16(10-12-18)13-15(2)3/h5-12,14-15H,4,13H2,1-3H3,(H2,27,28,29,30). The Hall–Kier alpha value is -3.09. The van der Waals surface area contributed by atoms with E-state index < -0.39 is 11.7 Å². The van der Waals surface area contributed by atoms with E-state index >= 15 is 0 Å². The molecular weight excluding hydrogens is 389 g/mol. The normalized spacial score (nSPS) is 11.6. The van der Waals surface area contributed by atoms with Gasteiger partial charge in [0.25, 0.3) is 0 Å². The maximum atomic E-state index is 13.5. The van der Waals surface area contributed by atoms with E-state index in [0.29, 0.717) is 23.7 Å². The van der Waals surface area contributed by atoms with Crippen molar-refractivity contribution in [3.8, 4) is 0 Å². The maximum absolute atomic E-state index is 13.5. The fourth-order valence-electron chi connectivity index (χ4n) is 3.15. The van der Waals surface area contributed by atoms with E-state index in [1.807, 2.05) is 43.3 Å². The lowest BCUT2D eigenvalue weighted by Crippen LogP contribution is -2.13. The van der Waals surface area contributed by atoms with Crippen LogP contribution in [0.3, 0.4) is 0 Å². The highest BCUT2D eigenvalue weighted by Crippen LogP contribution is 2.36. The average molecular weight is 414 g/mol. The van der Waals surface area contributed by atoms with Gasteiger partial charge in [-0.15, -0.1) is 0 Å². The third kappa shape index (κ3) is 5.49. The van der Waals surface area contributed by atoms with Crippen LogP contribution in [-0.2, 0) is 19.0 Å². The molecule has 7 heteroatoms. The van der Waals surface area contributed by atoms with Crippen molar-refractivity contribution in [1.82, 2.24) is 9.97 Å². The van der Waals surface area contributed by atoms with Crippen LogP contribution in [-0.4, -0.2) is 9.97 Å². The van der Waals surface area contributed by atoms with Gasteiger partial charge in [0.2, 0.25) is 5.95 Å². The molecule has 2 N–H and O–H groups in total. The largest absolute Gasteiger partial charge is 0.421 e. The summed E-state index contributed by atoms with van der Waals surface area (Å²) in [4.78, 5) is 8.00. The summed E-state index contributed by atoms with van der Waals surface area (Å²) in [5.41, 5.74) is 2.49. The predicted molar refractivity (Wildman–Crippen MR) is 114 cm³/mol. The van der Waals surface area contributed by atoms with Crippen LogP contribution in [0.15, 0.2) is 54.7 Å². The van der Waals surface area contributed by atoms with E-state index in [0.717, 1.165) is 18.2 Å². The number of benzene rings is 2. The first-order chi connectivity index (χ1) is 14.3. The van der Waals surface area contributed by atoms with Crippen molar-refractivity contribution < 1.29 is 13.2 Å². The number of hydrogen-bond donors (Lipinski definition) is 2. The number of hydrogen-bond acceptors (Lipinski definition) is 4. The molecule has 2 aromatic carbocycles. The molecule has 3 rings (SSSR count). The molecule has 0 saturated carbocycles. The lowest BCUT2D eigenvalue weighted by Gasteiger charge is -2.16. The summed E-state index contributed by atoms with van der Waals surface area (Å²) in [5, 5.41) is 5.83. The highest BCUT2D eigenvalue weighted by molar-refractivity contribution is 5.65. The monoisotopic (exact) mass is 414 g/mol. The maximum Gasteiger partial charge on any atom is 0.421 e. The summed E-state index contributed by atoms with van der Waals surface area (Å²) in [6.45, 7) is 6.24. The topological polar surface area (TPSA) is 49.8 Å². The molecule has 1 aromatic heterocycles. The number of rotatable bonds is 7. The molecule has 0 aliphatic heterocycles. The Morgan fingerprint density at radius 3 is 2.30 bits per heavy atom. The van der Waals surface area contributed by atoms with Crippen LogP contribution < -0.4 is 10.6 Å². The van der Waals surface area contributed by atoms with Crippen LogP contribution in [0.1, 0.15) is 37.5 Å². The summed E-state index contributed by atoms with van der Waals surface area (Å²) >= 11 is 0. The van der Waals surface area contributed by atoms with Crippen molar-refractivity contribution >= 4 is 23.1 Å². The molecule has 0 saturated heterocycles. The van der Waals surface area contributed by atoms with E-state index in [1.54, 1.807) is 12.1 Å². The van der Waals surface area contributed by atoms with Crippen LogP contribution in [0.2, 0.25) is 0 Å².